The molecule has 1 aliphatic heterocycles. The molecule has 2 atom stereocenters. The summed E-state index contributed by atoms with van der Waals surface area (Å²) in [7, 11) is 0. The second-order valence-corrected chi connectivity index (χ2v) is 6.30. The number of aliphatic hydroxyl groups excluding tert-OH is 1. The first-order chi connectivity index (χ1) is 8.35. The smallest absolute Gasteiger partial charge is 0.0936 e. The van der Waals surface area contributed by atoms with E-state index in [2.05, 4.69) is 18.7 Å². The number of nitrogens with zero attached hydrogens (tertiary/aromatic N) is 1. The summed E-state index contributed by atoms with van der Waals surface area (Å²) in [4.78, 5) is 2.94. The molecule has 0 bridgehead atoms. The molecule has 18 heavy (non-hydrogen) atoms. The van der Waals surface area contributed by atoms with Crippen molar-refractivity contribution in [3.8, 4) is 0 Å². The molecule has 1 rings (SSSR count). The Bertz CT molecular complexity index is 284. The lowest BCUT2D eigenvalue weighted by Crippen LogP contribution is -2.48. The Labute approximate surface area is 115 Å². The van der Waals surface area contributed by atoms with Gasteiger partial charge in [-0.2, -0.15) is 0 Å². The third-order valence-corrected chi connectivity index (χ3v) is 4.10. The molecule has 5 heteroatoms. The largest absolute Gasteiger partial charge is 0.394 e. The van der Waals surface area contributed by atoms with E-state index in [-0.39, 0.29) is 24.2 Å². The molecule has 4 nitrogen and oxygen atoms in total. The van der Waals surface area contributed by atoms with Gasteiger partial charge in [-0.05, 0) is 26.3 Å². The molecule has 0 aromatic rings. The van der Waals surface area contributed by atoms with E-state index >= 15 is 0 Å². The van der Waals surface area contributed by atoms with Crippen LogP contribution in [0, 0.1) is 5.41 Å². The summed E-state index contributed by atoms with van der Waals surface area (Å²) in [6.07, 6.45) is 2.21. The number of hydrogen-bond acceptors (Lipinski definition) is 4. The van der Waals surface area contributed by atoms with Crippen LogP contribution in [-0.4, -0.2) is 53.4 Å². The van der Waals surface area contributed by atoms with Crippen molar-refractivity contribution in [3.63, 3.8) is 0 Å². The SMILES string of the molecule is CC1CN(CCCC(C)(C)C(N)=S)CC(CO)O1. The second-order valence-electron chi connectivity index (χ2n) is 5.86. The second kappa shape index (κ2) is 6.80. The molecule has 3 N–H and O–H groups in total. The molecule has 2 unspecified atom stereocenters. The van der Waals surface area contributed by atoms with Gasteiger partial charge in [0, 0.05) is 18.5 Å². The van der Waals surface area contributed by atoms with E-state index in [1.54, 1.807) is 0 Å². The van der Waals surface area contributed by atoms with Gasteiger partial charge in [-0.25, -0.2) is 0 Å². The number of rotatable bonds is 6. The average Bonchev–Trinajstić information content (AvgIpc) is 2.27. The summed E-state index contributed by atoms with van der Waals surface area (Å²) in [5.41, 5.74) is 5.65. The lowest BCUT2D eigenvalue weighted by atomic mass is 9.88. The lowest BCUT2D eigenvalue weighted by Gasteiger charge is -2.36. The predicted molar refractivity (Wildman–Crippen MR) is 77.7 cm³/mol. The van der Waals surface area contributed by atoms with Crippen LogP contribution in [0.25, 0.3) is 0 Å². The van der Waals surface area contributed by atoms with Gasteiger partial charge in [0.05, 0.1) is 23.8 Å². The van der Waals surface area contributed by atoms with Crippen LogP contribution in [-0.2, 0) is 4.74 Å². The van der Waals surface area contributed by atoms with Crippen molar-refractivity contribution in [1.82, 2.24) is 4.90 Å². The lowest BCUT2D eigenvalue weighted by molar-refractivity contribution is -0.0954. The molecule has 0 aromatic carbocycles. The van der Waals surface area contributed by atoms with Gasteiger partial charge in [-0.15, -0.1) is 0 Å². The Morgan fingerprint density at radius 3 is 2.72 bits per heavy atom. The molecule has 0 aromatic heterocycles. The summed E-state index contributed by atoms with van der Waals surface area (Å²) < 4.78 is 5.62. The molecule has 106 valence electrons. The third kappa shape index (κ3) is 4.80. The number of aliphatic hydroxyl groups is 1. The zero-order chi connectivity index (χ0) is 13.8. The zero-order valence-corrected chi connectivity index (χ0v) is 12.5. The van der Waals surface area contributed by atoms with Gasteiger partial charge < -0.3 is 15.6 Å². The van der Waals surface area contributed by atoms with Gasteiger partial charge in [-0.1, -0.05) is 26.1 Å². The van der Waals surface area contributed by atoms with E-state index in [0.29, 0.717) is 4.99 Å². The van der Waals surface area contributed by atoms with Crippen LogP contribution in [0.15, 0.2) is 0 Å². The van der Waals surface area contributed by atoms with Gasteiger partial charge in [0.1, 0.15) is 0 Å². The Balaban J connectivity index is 2.33. The summed E-state index contributed by atoms with van der Waals surface area (Å²) in [6.45, 7) is 9.09. The van der Waals surface area contributed by atoms with Gasteiger partial charge in [0.15, 0.2) is 0 Å². The first kappa shape index (κ1) is 15.8. The molecular formula is C13H26N2O2S. The van der Waals surface area contributed by atoms with Gasteiger partial charge in [-0.3, -0.25) is 4.90 Å². The van der Waals surface area contributed by atoms with Crippen LogP contribution < -0.4 is 5.73 Å². The highest BCUT2D eigenvalue weighted by atomic mass is 32.1. The van der Waals surface area contributed by atoms with Crippen LogP contribution in [0.5, 0.6) is 0 Å². The Kier molecular flexibility index (Phi) is 5.98. The van der Waals surface area contributed by atoms with E-state index in [0.717, 1.165) is 32.5 Å². The minimum Gasteiger partial charge on any atom is -0.394 e. The maximum absolute atomic E-state index is 9.17. The average molecular weight is 274 g/mol. The standard InChI is InChI=1S/C13H26N2O2S/c1-10-7-15(8-11(9-16)17-10)6-4-5-13(2,3)12(14)18/h10-11,16H,4-9H2,1-3H3,(H2,14,18). The molecule has 1 fully saturated rings. The molecule has 0 amide bonds. The van der Waals surface area contributed by atoms with Crippen molar-refractivity contribution in [2.24, 2.45) is 11.1 Å². The van der Waals surface area contributed by atoms with Crippen LogP contribution in [0.3, 0.4) is 0 Å². The monoisotopic (exact) mass is 274 g/mol. The highest BCUT2D eigenvalue weighted by Crippen LogP contribution is 2.23. The minimum atomic E-state index is -0.0659. The van der Waals surface area contributed by atoms with Crippen LogP contribution >= 0.6 is 12.2 Å². The van der Waals surface area contributed by atoms with Crippen LogP contribution in [0.1, 0.15) is 33.6 Å². The normalized spacial score (nSPS) is 26.2. The van der Waals surface area contributed by atoms with Gasteiger partial charge in [0.25, 0.3) is 0 Å². The molecule has 1 saturated heterocycles. The van der Waals surface area contributed by atoms with E-state index in [4.69, 9.17) is 27.8 Å². The Morgan fingerprint density at radius 2 is 2.17 bits per heavy atom. The first-order valence-electron chi connectivity index (χ1n) is 6.63. The summed E-state index contributed by atoms with van der Waals surface area (Å²) in [6, 6.07) is 0. The highest BCUT2D eigenvalue weighted by molar-refractivity contribution is 7.80. The van der Waals surface area contributed by atoms with Crippen molar-refractivity contribution < 1.29 is 9.84 Å². The summed E-state index contributed by atoms with van der Waals surface area (Å²) >= 11 is 5.07. The minimum absolute atomic E-state index is 0.0441. The van der Waals surface area contributed by atoms with Crippen LogP contribution in [0.4, 0.5) is 0 Å². The molecule has 0 saturated carbocycles. The fourth-order valence-corrected chi connectivity index (χ4v) is 2.39. The molecule has 0 radical (unpaired) electrons. The van der Waals surface area contributed by atoms with E-state index in [1.165, 1.54) is 0 Å². The van der Waals surface area contributed by atoms with Crippen molar-refractivity contribution >= 4 is 17.2 Å². The Morgan fingerprint density at radius 1 is 1.50 bits per heavy atom. The first-order valence-corrected chi connectivity index (χ1v) is 7.04. The number of hydrogen-bond donors (Lipinski definition) is 2. The molecule has 1 heterocycles. The maximum Gasteiger partial charge on any atom is 0.0936 e. The van der Waals surface area contributed by atoms with Gasteiger partial charge in [0.2, 0.25) is 0 Å². The fourth-order valence-electron chi connectivity index (χ4n) is 2.29. The maximum atomic E-state index is 9.17. The molecule has 1 aliphatic rings. The van der Waals surface area contributed by atoms with Crippen molar-refractivity contribution in [2.45, 2.75) is 45.8 Å². The van der Waals surface area contributed by atoms with Crippen molar-refractivity contribution in [1.29, 1.82) is 0 Å². The van der Waals surface area contributed by atoms with Crippen LogP contribution in [0.2, 0.25) is 0 Å². The topological polar surface area (TPSA) is 58.7 Å². The zero-order valence-electron chi connectivity index (χ0n) is 11.7. The molecule has 0 aliphatic carbocycles. The Hall–Kier alpha value is -0.230. The number of morpholine rings is 1. The number of ether oxygens (including phenoxy) is 1. The van der Waals surface area contributed by atoms with E-state index in [1.807, 2.05) is 6.92 Å². The fraction of sp³-hybridized carbons (Fsp3) is 0.923. The quantitative estimate of drug-likeness (QED) is 0.712. The summed E-state index contributed by atoms with van der Waals surface area (Å²) in [5, 5.41) is 9.17. The van der Waals surface area contributed by atoms with Crippen molar-refractivity contribution in [3.05, 3.63) is 0 Å². The highest BCUT2D eigenvalue weighted by Gasteiger charge is 2.26. The van der Waals surface area contributed by atoms with Gasteiger partial charge >= 0.3 is 0 Å². The summed E-state index contributed by atoms with van der Waals surface area (Å²) in [5.74, 6) is 0. The number of nitrogens with two attached hydrogens (primary N) is 1. The van der Waals surface area contributed by atoms with Crippen molar-refractivity contribution in [2.75, 3.05) is 26.2 Å². The number of thiocarbonyl (C=S) groups is 1. The molecular weight excluding hydrogens is 248 g/mol. The van der Waals surface area contributed by atoms with E-state index in [9.17, 15) is 0 Å². The molecule has 0 spiro atoms. The third-order valence-electron chi connectivity index (χ3n) is 3.55. The predicted octanol–water partition coefficient (Wildman–Crippen LogP) is 1.16. The van der Waals surface area contributed by atoms with E-state index < -0.39 is 0 Å².